The minimum Gasteiger partial charge on any atom is -0.478 e. The molecule has 0 aliphatic rings. The second-order valence-corrected chi connectivity index (χ2v) is 5.86. The highest BCUT2D eigenvalue weighted by Gasteiger charge is 2.35. The van der Waals surface area contributed by atoms with Crippen LogP contribution < -0.4 is 5.73 Å². The van der Waals surface area contributed by atoms with Crippen LogP contribution >= 0.6 is 0 Å². The van der Waals surface area contributed by atoms with Crippen LogP contribution in [0, 0.1) is 30.3 Å². The van der Waals surface area contributed by atoms with Crippen molar-refractivity contribution in [2.75, 3.05) is 5.73 Å². The van der Waals surface area contributed by atoms with Gasteiger partial charge in [0.1, 0.15) is 11.3 Å². The van der Waals surface area contributed by atoms with Crippen molar-refractivity contribution in [3.63, 3.8) is 0 Å². The number of nitrogen functional groups attached to an aromatic ring is 1. The number of benzene rings is 2. The van der Waals surface area contributed by atoms with Gasteiger partial charge in [0.2, 0.25) is 0 Å². The number of furan rings is 1. The lowest BCUT2D eigenvalue weighted by Gasteiger charge is -2.14. The van der Waals surface area contributed by atoms with Crippen molar-refractivity contribution in [2.45, 2.75) is 0 Å². The fourth-order valence-corrected chi connectivity index (χ4v) is 2.96. The van der Waals surface area contributed by atoms with Gasteiger partial charge >= 0.3 is 5.97 Å². The van der Waals surface area contributed by atoms with E-state index in [9.17, 15) is 40.2 Å². The van der Waals surface area contributed by atoms with E-state index in [2.05, 4.69) is 0 Å². The molecule has 3 aromatic rings. The molecule has 3 rings (SSSR count). The Hall–Kier alpha value is -4.81. The number of aromatic carboxylic acids is 1. The lowest BCUT2D eigenvalue weighted by Crippen LogP contribution is -2.07. The number of nitrogens with two attached hydrogens (primary N) is 1. The van der Waals surface area contributed by atoms with Crippen molar-refractivity contribution in [3.05, 3.63) is 78.6 Å². The molecule has 0 aliphatic heterocycles. The van der Waals surface area contributed by atoms with E-state index in [1.807, 2.05) is 0 Å². The Labute approximate surface area is 165 Å². The summed E-state index contributed by atoms with van der Waals surface area (Å²) in [6, 6.07) is 6.33. The van der Waals surface area contributed by atoms with E-state index in [0.717, 1.165) is 6.07 Å². The summed E-state index contributed by atoms with van der Waals surface area (Å²) in [5, 5.41) is 43.8. The Morgan fingerprint density at radius 1 is 0.933 bits per heavy atom. The number of carbonyl (C=O) groups is 1. The van der Waals surface area contributed by atoms with Crippen LogP contribution in [0.15, 0.2) is 47.1 Å². The van der Waals surface area contributed by atoms with Crippen LogP contribution in [0.1, 0.15) is 10.4 Å². The highest BCUT2D eigenvalue weighted by Crippen LogP contribution is 2.48. The summed E-state index contributed by atoms with van der Waals surface area (Å²) >= 11 is 0. The molecular weight excluding hydrogens is 404 g/mol. The van der Waals surface area contributed by atoms with E-state index in [4.69, 9.17) is 10.2 Å². The summed E-state index contributed by atoms with van der Waals surface area (Å²) in [6.07, 6.45) is 1.26. The zero-order chi connectivity index (χ0) is 22.2. The number of nitro benzene ring substituents is 3. The van der Waals surface area contributed by atoms with Crippen molar-refractivity contribution in [1.82, 2.24) is 0 Å². The third-order valence-electron chi connectivity index (χ3n) is 4.20. The molecule has 0 fully saturated rings. The van der Waals surface area contributed by atoms with Gasteiger partial charge in [0.15, 0.2) is 0 Å². The van der Waals surface area contributed by atoms with Gasteiger partial charge in [0, 0.05) is 11.1 Å². The molecule has 0 bridgehead atoms. The number of hydrogen-bond donors (Lipinski definition) is 2. The molecule has 13 heteroatoms. The highest BCUT2D eigenvalue weighted by atomic mass is 16.6. The van der Waals surface area contributed by atoms with Crippen LogP contribution in [0.2, 0.25) is 0 Å². The molecule has 0 aliphatic carbocycles. The minimum atomic E-state index is -1.48. The van der Waals surface area contributed by atoms with Crippen molar-refractivity contribution in [1.29, 1.82) is 0 Å². The van der Waals surface area contributed by atoms with Crippen molar-refractivity contribution < 1.29 is 29.1 Å². The molecule has 0 saturated heterocycles. The molecule has 152 valence electrons. The Bertz CT molecular complexity index is 1180. The van der Waals surface area contributed by atoms with Crippen LogP contribution in [0.25, 0.3) is 22.5 Å². The molecule has 3 N–H and O–H groups in total. The third-order valence-corrected chi connectivity index (χ3v) is 4.20. The molecule has 0 saturated carbocycles. The zero-order valence-electron chi connectivity index (χ0n) is 14.7. The number of rotatable bonds is 6. The molecule has 0 radical (unpaired) electrons. The molecule has 13 nitrogen and oxygen atoms in total. The first-order chi connectivity index (χ1) is 14.1. The summed E-state index contributed by atoms with van der Waals surface area (Å²) in [7, 11) is 0. The summed E-state index contributed by atoms with van der Waals surface area (Å²) in [4.78, 5) is 42.8. The summed E-state index contributed by atoms with van der Waals surface area (Å²) in [5.41, 5.74) is 1.11. The quantitative estimate of drug-likeness (QED) is 0.340. The summed E-state index contributed by atoms with van der Waals surface area (Å²) in [5.74, 6) is -1.39. The number of non-ortho nitro benzene ring substituents is 1. The topological polar surface area (TPSA) is 206 Å². The number of nitro groups is 3. The normalized spacial score (nSPS) is 10.5. The van der Waals surface area contributed by atoms with Crippen molar-refractivity contribution >= 4 is 28.7 Å². The van der Waals surface area contributed by atoms with E-state index < -0.39 is 54.6 Å². The Balaban J connectivity index is 2.55. The maximum Gasteiger partial charge on any atom is 0.337 e. The molecule has 0 atom stereocenters. The largest absolute Gasteiger partial charge is 0.478 e. The average Bonchev–Trinajstić information content (AvgIpc) is 3.20. The van der Waals surface area contributed by atoms with Crippen molar-refractivity contribution in [2.24, 2.45) is 0 Å². The van der Waals surface area contributed by atoms with E-state index in [-0.39, 0.29) is 16.9 Å². The molecule has 30 heavy (non-hydrogen) atoms. The Kier molecular flexibility index (Phi) is 4.86. The smallest absolute Gasteiger partial charge is 0.337 e. The molecule has 0 amide bonds. The fraction of sp³-hybridized carbons (Fsp3) is 0. The van der Waals surface area contributed by atoms with Gasteiger partial charge in [-0.3, -0.25) is 30.3 Å². The van der Waals surface area contributed by atoms with Gasteiger partial charge in [-0.1, -0.05) is 0 Å². The number of anilines is 1. The van der Waals surface area contributed by atoms with Crippen LogP contribution in [0.3, 0.4) is 0 Å². The van der Waals surface area contributed by atoms with Crippen LogP contribution in [0.5, 0.6) is 0 Å². The van der Waals surface area contributed by atoms with Gasteiger partial charge in [-0.05, 0) is 24.3 Å². The first kappa shape index (κ1) is 19.9. The van der Waals surface area contributed by atoms with Gasteiger partial charge in [0.25, 0.3) is 17.1 Å². The monoisotopic (exact) mass is 414 g/mol. The van der Waals surface area contributed by atoms with Crippen LogP contribution in [0.4, 0.5) is 22.7 Å². The Morgan fingerprint density at radius 2 is 1.53 bits per heavy atom. The first-order valence-electron chi connectivity index (χ1n) is 7.94. The van der Waals surface area contributed by atoms with E-state index in [0.29, 0.717) is 12.1 Å². The average molecular weight is 414 g/mol. The summed E-state index contributed by atoms with van der Waals surface area (Å²) in [6.45, 7) is 0. The third kappa shape index (κ3) is 3.26. The molecule has 0 spiro atoms. The van der Waals surface area contributed by atoms with E-state index in [1.54, 1.807) is 0 Å². The summed E-state index contributed by atoms with van der Waals surface area (Å²) < 4.78 is 5.25. The number of nitrogens with zero attached hydrogens (tertiary/aromatic N) is 3. The molecule has 1 heterocycles. The predicted octanol–water partition coefficient (Wildman–Crippen LogP) is 3.62. The number of carboxylic acid groups (broad SMARTS) is 1. The SMILES string of the molecule is Nc1c(C(=O)O)ccc(-c2ccco2)c1-c1c([N+](=O)[O-])cc([N+](=O)[O-])cc1[N+](=O)[O-]. The maximum absolute atomic E-state index is 11.7. The van der Waals surface area contributed by atoms with Gasteiger partial charge in [-0.15, -0.1) is 0 Å². The molecule has 2 aromatic carbocycles. The molecule has 0 unspecified atom stereocenters. The van der Waals surface area contributed by atoms with Gasteiger partial charge in [0.05, 0.1) is 44.4 Å². The molecule has 1 aromatic heterocycles. The van der Waals surface area contributed by atoms with E-state index >= 15 is 0 Å². The number of hydrogen-bond acceptors (Lipinski definition) is 9. The zero-order valence-corrected chi connectivity index (χ0v) is 14.7. The van der Waals surface area contributed by atoms with Gasteiger partial charge < -0.3 is 15.3 Å². The van der Waals surface area contributed by atoms with E-state index in [1.165, 1.54) is 24.5 Å². The highest BCUT2D eigenvalue weighted by molar-refractivity contribution is 6.05. The second kappa shape index (κ2) is 7.31. The van der Waals surface area contributed by atoms with Crippen molar-refractivity contribution in [3.8, 4) is 22.5 Å². The van der Waals surface area contributed by atoms with Crippen LogP contribution in [-0.4, -0.2) is 25.8 Å². The lowest BCUT2D eigenvalue weighted by atomic mass is 9.91. The van der Waals surface area contributed by atoms with Gasteiger partial charge in [-0.25, -0.2) is 4.79 Å². The minimum absolute atomic E-state index is 0.0301. The predicted molar refractivity (Wildman–Crippen MR) is 101 cm³/mol. The lowest BCUT2D eigenvalue weighted by molar-refractivity contribution is -0.402. The molecular formula is C17H10N4O9. The first-order valence-corrected chi connectivity index (χ1v) is 7.94. The number of carboxylic acids is 1. The second-order valence-electron chi connectivity index (χ2n) is 5.86. The van der Waals surface area contributed by atoms with Gasteiger partial charge in [-0.2, -0.15) is 0 Å². The Morgan fingerprint density at radius 3 is 1.97 bits per heavy atom. The standard InChI is InChI=1S/C17H10N4O9/c18-16-10(17(22)23)4-3-9(13-2-1-5-30-13)14(16)15-11(20(26)27)6-8(19(24)25)7-12(15)21(28)29/h1-7H,18H2,(H,22,23). The fourth-order valence-electron chi connectivity index (χ4n) is 2.96. The maximum atomic E-state index is 11.7. The van der Waals surface area contributed by atoms with Crippen LogP contribution in [-0.2, 0) is 0 Å².